The van der Waals surface area contributed by atoms with Crippen LogP contribution in [0.5, 0.6) is 5.88 Å². The maximum Gasteiger partial charge on any atom is 0.248 e. The van der Waals surface area contributed by atoms with Crippen molar-refractivity contribution >= 4 is 0 Å². The van der Waals surface area contributed by atoms with Crippen molar-refractivity contribution in [1.29, 1.82) is 0 Å². The molecule has 0 radical (unpaired) electrons. The fourth-order valence-electron chi connectivity index (χ4n) is 1.79. The second kappa shape index (κ2) is 5.47. The first-order valence-electron chi connectivity index (χ1n) is 5.51. The highest BCUT2D eigenvalue weighted by atomic mass is 16.5. The van der Waals surface area contributed by atoms with E-state index < -0.39 is 0 Å². The lowest BCUT2D eigenvalue weighted by Crippen LogP contribution is -2.33. The molecular formula is C12H15N3O. The zero-order chi connectivity index (χ0) is 11.2. The van der Waals surface area contributed by atoms with Crippen LogP contribution in [0, 0.1) is 18.3 Å². The Morgan fingerprint density at radius 3 is 3.12 bits per heavy atom. The number of piperidine rings is 1. The summed E-state index contributed by atoms with van der Waals surface area (Å²) in [4.78, 5) is 8.11. The highest BCUT2D eigenvalue weighted by Crippen LogP contribution is 2.14. The van der Waals surface area contributed by atoms with Gasteiger partial charge in [0.2, 0.25) is 5.88 Å². The van der Waals surface area contributed by atoms with E-state index in [-0.39, 0.29) is 0 Å². The molecule has 1 atom stereocenters. The first-order valence-corrected chi connectivity index (χ1v) is 5.51. The lowest BCUT2D eigenvalue weighted by atomic mass is 10.0. The Labute approximate surface area is 95.4 Å². The van der Waals surface area contributed by atoms with Crippen LogP contribution in [0.1, 0.15) is 18.5 Å². The molecule has 1 aliphatic rings. The van der Waals surface area contributed by atoms with E-state index in [1.165, 1.54) is 12.8 Å². The van der Waals surface area contributed by atoms with Gasteiger partial charge in [0, 0.05) is 24.9 Å². The van der Waals surface area contributed by atoms with Crippen LogP contribution in [0.3, 0.4) is 0 Å². The van der Waals surface area contributed by atoms with Crippen LogP contribution in [0.25, 0.3) is 0 Å². The number of hydrogen-bond donors (Lipinski definition) is 1. The van der Waals surface area contributed by atoms with Crippen molar-refractivity contribution < 1.29 is 4.74 Å². The molecule has 84 valence electrons. The van der Waals surface area contributed by atoms with Gasteiger partial charge in [-0.15, -0.1) is 6.42 Å². The highest BCUT2D eigenvalue weighted by Gasteiger charge is 2.14. The zero-order valence-corrected chi connectivity index (χ0v) is 9.15. The average Bonchev–Trinajstić information content (AvgIpc) is 2.38. The maximum atomic E-state index is 5.61. The molecule has 0 amide bonds. The lowest BCUT2D eigenvalue weighted by Gasteiger charge is -2.22. The number of ether oxygens (including phenoxy) is 1. The van der Waals surface area contributed by atoms with Gasteiger partial charge in [0.05, 0.1) is 6.61 Å². The smallest absolute Gasteiger partial charge is 0.248 e. The Balaban J connectivity index is 1.91. The summed E-state index contributed by atoms with van der Waals surface area (Å²) in [6.07, 6.45) is 10.9. The summed E-state index contributed by atoms with van der Waals surface area (Å²) in [5, 5.41) is 3.34. The summed E-state index contributed by atoms with van der Waals surface area (Å²) in [5.74, 6) is 3.48. The van der Waals surface area contributed by atoms with Crippen LogP contribution >= 0.6 is 0 Å². The van der Waals surface area contributed by atoms with Crippen LogP contribution in [-0.4, -0.2) is 29.7 Å². The van der Waals surface area contributed by atoms with Gasteiger partial charge in [0.1, 0.15) is 0 Å². The quantitative estimate of drug-likeness (QED) is 0.762. The molecule has 0 aromatic carbocycles. The zero-order valence-electron chi connectivity index (χ0n) is 9.15. The molecule has 16 heavy (non-hydrogen) atoms. The van der Waals surface area contributed by atoms with E-state index in [9.17, 15) is 0 Å². The molecule has 2 rings (SSSR count). The fourth-order valence-corrected chi connectivity index (χ4v) is 1.79. The van der Waals surface area contributed by atoms with Crippen LogP contribution in [0.15, 0.2) is 12.4 Å². The van der Waals surface area contributed by atoms with Crippen LogP contribution in [-0.2, 0) is 0 Å². The van der Waals surface area contributed by atoms with Gasteiger partial charge in [-0.25, -0.2) is 9.97 Å². The minimum atomic E-state index is 0.468. The topological polar surface area (TPSA) is 47.0 Å². The number of nitrogens with one attached hydrogen (secondary N) is 1. The van der Waals surface area contributed by atoms with E-state index in [0.717, 1.165) is 13.1 Å². The van der Waals surface area contributed by atoms with E-state index in [0.29, 0.717) is 24.1 Å². The molecule has 1 aromatic heterocycles. The van der Waals surface area contributed by atoms with E-state index in [4.69, 9.17) is 11.2 Å². The molecule has 1 unspecified atom stereocenters. The van der Waals surface area contributed by atoms with Crippen molar-refractivity contribution in [2.75, 3.05) is 19.7 Å². The molecule has 4 heteroatoms. The minimum Gasteiger partial charge on any atom is -0.475 e. The second-order valence-electron chi connectivity index (χ2n) is 3.88. The fraction of sp³-hybridized carbons (Fsp3) is 0.500. The molecule has 1 fully saturated rings. The van der Waals surface area contributed by atoms with Gasteiger partial charge in [-0.2, -0.15) is 0 Å². The van der Waals surface area contributed by atoms with Gasteiger partial charge >= 0.3 is 0 Å². The van der Waals surface area contributed by atoms with Crippen LogP contribution in [0.2, 0.25) is 0 Å². The number of hydrogen-bond acceptors (Lipinski definition) is 4. The normalized spacial score (nSPS) is 20.1. The highest BCUT2D eigenvalue weighted by molar-refractivity contribution is 5.32. The molecule has 1 aromatic rings. The SMILES string of the molecule is C#Cc1nccnc1OCC1CCCNC1. The Morgan fingerprint density at radius 1 is 1.50 bits per heavy atom. The van der Waals surface area contributed by atoms with Crippen molar-refractivity contribution in [2.45, 2.75) is 12.8 Å². The van der Waals surface area contributed by atoms with E-state index >= 15 is 0 Å². The Morgan fingerprint density at radius 2 is 2.38 bits per heavy atom. The Kier molecular flexibility index (Phi) is 3.73. The second-order valence-corrected chi connectivity index (χ2v) is 3.88. The summed E-state index contributed by atoms with van der Waals surface area (Å²) in [7, 11) is 0. The van der Waals surface area contributed by atoms with E-state index in [1.54, 1.807) is 12.4 Å². The van der Waals surface area contributed by atoms with Crippen molar-refractivity contribution in [3.63, 3.8) is 0 Å². The third kappa shape index (κ3) is 2.71. The van der Waals surface area contributed by atoms with Gasteiger partial charge in [-0.05, 0) is 25.3 Å². The summed E-state index contributed by atoms with van der Waals surface area (Å²) in [6, 6.07) is 0. The summed E-state index contributed by atoms with van der Waals surface area (Å²) in [6.45, 7) is 2.77. The number of terminal acetylenes is 1. The van der Waals surface area contributed by atoms with Gasteiger partial charge < -0.3 is 10.1 Å². The van der Waals surface area contributed by atoms with Gasteiger partial charge in [0.15, 0.2) is 5.69 Å². The third-order valence-electron chi connectivity index (χ3n) is 2.66. The van der Waals surface area contributed by atoms with Gasteiger partial charge in [-0.3, -0.25) is 0 Å². The maximum absolute atomic E-state index is 5.61. The largest absolute Gasteiger partial charge is 0.475 e. The van der Waals surface area contributed by atoms with Crippen LogP contribution < -0.4 is 10.1 Å². The van der Waals surface area contributed by atoms with E-state index in [2.05, 4.69) is 21.2 Å². The lowest BCUT2D eigenvalue weighted by molar-refractivity contribution is 0.211. The number of aromatic nitrogens is 2. The monoisotopic (exact) mass is 217 g/mol. The van der Waals surface area contributed by atoms with Crippen molar-refractivity contribution in [1.82, 2.24) is 15.3 Å². The molecule has 1 saturated heterocycles. The number of rotatable bonds is 3. The van der Waals surface area contributed by atoms with Gasteiger partial charge in [0.25, 0.3) is 0 Å². The minimum absolute atomic E-state index is 0.468. The molecule has 2 heterocycles. The Bertz CT molecular complexity index is 380. The third-order valence-corrected chi connectivity index (χ3v) is 2.66. The number of nitrogens with zero attached hydrogens (tertiary/aromatic N) is 2. The summed E-state index contributed by atoms with van der Waals surface area (Å²) < 4.78 is 5.61. The standard InChI is InChI=1S/C12H15N3O/c1-2-11-12(15-7-6-14-11)16-9-10-4-3-5-13-8-10/h1,6-7,10,13H,3-5,8-9H2. The van der Waals surface area contributed by atoms with Crippen LogP contribution in [0.4, 0.5) is 0 Å². The molecule has 1 N–H and O–H groups in total. The molecule has 0 saturated carbocycles. The molecule has 0 bridgehead atoms. The molecular weight excluding hydrogens is 202 g/mol. The average molecular weight is 217 g/mol. The molecule has 0 aliphatic carbocycles. The summed E-state index contributed by atoms with van der Waals surface area (Å²) >= 11 is 0. The van der Waals surface area contributed by atoms with E-state index in [1.807, 2.05) is 0 Å². The predicted molar refractivity (Wildman–Crippen MR) is 61.1 cm³/mol. The molecule has 1 aliphatic heterocycles. The summed E-state index contributed by atoms with van der Waals surface area (Å²) in [5.41, 5.74) is 0.478. The van der Waals surface area contributed by atoms with Crippen molar-refractivity contribution in [3.8, 4) is 18.2 Å². The first-order chi connectivity index (χ1) is 7.90. The molecule has 0 spiro atoms. The van der Waals surface area contributed by atoms with Crippen molar-refractivity contribution in [2.24, 2.45) is 5.92 Å². The Hall–Kier alpha value is -1.60. The predicted octanol–water partition coefficient (Wildman–Crippen LogP) is 0.836. The van der Waals surface area contributed by atoms with Crippen molar-refractivity contribution in [3.05, 3.63) is 18.1 Å². The van der Waals surface area contributed by atoms with Gasteiger partial charge in [-0.1, -0.05) is 0 Å². The molecule has 4 nitrogen and oxygen atoms in total. The first kappa shape index (κ1) is 10.9.